The largest absolute Gasteiger partial charge is 0.394 e. The summed E-state index contributed by atoms with van der Waals surface area (Å²) < 4.78 is 2.09. The molecule has 2 N–H and O–H groups in total. The minimum absolute atomic E-state index is 0.678. The van der Waals surface area contributed by atoms with Crippen LogP contribution in [0.3, 0.4) is 0 Å². The summed E-state index contributed by atoms with van der Waals surface area (Å²) in [4.78, 5) is 4.98. The normalized spacial score (nSPS) is 18.5. The smallest absolute Gasteiger partial charge is 0.150 e. The van der Waals surface area contributed by atoms with E-state index in [9.17, 15) is 0 Å². The Labute approximate surface area is 122 Å². The summed E-state index contributed by atoms with van der Waals surface area (Å²) in [5, 5.41) is 4.58. The maximum absolute atomic E-state index is 6.25. The Hall–Kier alpha value is -1.23. The van der Waals surface area contributed by atoms with Crippen LogP contribution < -0.4 is 10.6 Å². The summed E-state index contributed by atoms with van der Waals surface area (Å²) >= 11 is 0. The van der Waals surface area contributed by atoms with Gasteiger partial charge in [-0.25, -0.2) is 4.68 Å². The molecule has 1 atom stereocenters. The highest BCUT2D eigenvalue weighted by Gasteiger charge is 2.24. The maximum atomic E-state index is 6.25. The van der Waals surface area contributed by atoms with Gasteiger partial charge in [-0.1, -0.05) is 13.8 Å². The molecule has 5 heteroatoms. The molecule has 5 nitrogen and oxygen atoms in total. The zero-order valence-corrected chi connectivity index (χ0v) is 13.4. The Morgan fingerprint density at radius 1 is 1.20 bits per heavy atom. The number of aromatic nitrogens is 2. The first kappa shape index (κ1) is 15.2. The van der Waals surface area contributed by atoms with Crippen molar-refractivity contribution < 1.29 is 0 Å². The molecule has 1 fully saturated rings. The van der Waals surface area contributed by atoms with Crippen LogP contribution in [0.1, 0.15) is 39.3 Å². The molecule has 2 heterocycles. The lowest BCUT2D eigenvalue weighted by molar-refractivity contribution is 0.192. The van der Waals surface area contributed by atoms with Gasteiger partial charge < -0.3 is 10.6 Å². The minimum Gasteiger partial charge on any atom is -0.394 e. The van der Waals surface area contributed by atoms with E-state index in [0.717, 1.165) is 56.3 Å². The van der Waals surface area contributed by atoms with Crippen LogP contribution in [0.15, 0.2) is 0 Å². The first-order valence-corrected chi connectivity index (χ1v) is 7.90. The number of anilines is 2. The third-order valence-corrected chi connectivity index (χ3v) is 4.41. The van der Waals surface area contributed by atoms with E-state index in [0.29, 0.717) is 6.04 Å². The average molecular weight is 279 g/mol. The monoisotopic (exact) mass is 279 g/mol. The molecule has 2 rings (SSSR count). The summed E-state index contributed by atoms with van der Waals surface area (Å²) in [6.45, 7) is 14.0. The lowest BCUT2D eigenvalue weighted by Crippen LogP contribution is -2.50. The Balaban J connectivity index is 2.10. The van der Waals surface area contributed by atoms with E-state index >= 15 is 0 Å². The fraction of sp³-hybridized carbons (Fsp3) is 0.800. The van der Waals surface area contributed by atoms with Crippen LogP contribution in [0.2, 0.25) is 0 Å². The maximum Gasteiger partial charge on any atom is 0.150 e. The van der Waals surface area contributed by atoms with Crippen molar-refractivity contribution in [3.05, 3.63) is 5.69 Å². The van der Waals surface area contributed by atoms with Crippen molar-refractivity contribution >= 4 is 11.5 Å². The van der Waals surface area contributed by atoms with Gasteiger partial charge in [0.1, 0.15) is 0 Å². The van der Waals surface area contributed by atoms with Crippen molar-refractivity contribution in [3.8, 4) is 0 Å². The second-order valence-electron chi connectivity index (χ2n) is 5.83. The Morgan fingerprint density at radius 2 is 1.85 bits per heavy atom. The molecule has 1 saturated heterocycles. The summed E-state index contributed by atoms with van der Waals surface area (Å²) in [7, 11) is 0. The molecule has 20 heavy (non-hydrogen) atoms. The molecule has 0 saturated carbocycles. The van der Waals surface area contributed by atoms with Crippen molar-refractivity contribution in [1.82, 2.24) is 14.7 Å². The Kier molecular flexibility index (Phi) is 4.91. The molecule has 0 bridgehead atoms. The highest BCUT2D eigenvalue weighted by atomic mass is 15.4. The molecule has 1 aromatic rings. The molecule has 1 aromatic heterocycles. The van der Waals surface area contributed by atoms with Crippen molar-refractivity contribution in [3.63, 3.8) is 0 Å². The molecule has 1 unspecified atom stereocenters. The SMILES string of the molecule is CCCn1nc(C)c(N)c1N1CCN(C(C)CC)CC1. The Morgan fingerprint density at radius 3 is 2.40 bits per heavy atom. The van der Waals surface area contributed by atoms with Gasteiger partial charge in [0.05, 0.1) is 11.4 Å². The molecule has 0 aromatic carbocycles. The van der Waals surface area contributed by atoms with E-state index in [1.165, 1.54) is 6.42 Å². The summed E-state index contributed by atoms with van der Waals surface area (Å²) in [5.74, 6) is 1.13. The average Bonchev–Trinajstić information content (AvgIpc) is 2.74. The molecule has 0 spiro atoms. The van der Waals surface area contributed by atoms with E-state index < -0.39 is 0 Å². The van der Waals surface area contributed by atoms with Crippen molar-refractivity contribution in [2.75, 3.05) is 36.8 Å². The number of rotatable bonds is 5. The van der Waals surface area contributed by atoms with Gasteiger partial charge in [-0.05, 0) is 26.7 Å². The highest BCUT2D eigenvalue weighted by molar-refractivity contribution is 5.66. The Bertz CT molecular complexity index is 432. The van der Waals surface area contributed by atoms with E-state index in [-0.39, 0.29) is 0 Å². The zero-order valence-electron chi connectivity index (χ0n) is 13.4. The fourth-order valence-electron chi connectivity index (χ4n) is 2.92. The molecule has 1 aliphatic heterocycles. The number of hydrogen-bond donors (Lipinski definition) is 1. The number of piperazine rings is 1. The lowest BCUT2D eigenvalue weighted by Gasteiger charge is -2.39. The second-order valence-corrected chi connectivity index (χ2v) is 5.83. The predicted molar refractivity (Wildman–Crippen MR) is 85.2 cm³/mol. The van der Waals surface area contributed by atoms with Crippen molar-refractivity contribution in [2.45, 2.75) is 53.1 Å². The third kappa shape index (κ3) is 2.92. The van der Waals surface area contributed by atoms with Crippen LogP contribution in [0.25, 0.3) is 0 Å². The van der Waals surface area contributed by atoms with Crippen LogP contribution >= 0.6 is 0 Å². The second kappa shape index (κ2) is 6.48. The van der Waals surface area contributed by atoms with Crippen LogP contribution in [-0.4, -0.2) is 46.9 Å². The molecular formula is C15H29N5. The van der Waals surface area contributed by atoms with Gasteiger partial charge in [-0.15, -0.1) is 0 Å². The van der Waals surface area contributed by atoms with E-state index in [1.54, 1.807) is 0 Å². The summed E-state index contributed by atoms with van der Waals surface area (Å²) in [6, 6.07) is 0.678. The molecule has 0 radical (unpaired) electrons. The van der Waals surface area contributed by atoms with Crippen LogP contribution in [-0.2, 0) is 6.54 Å². The number of nitrogen functional groups attached to an aromatic ring is 1. The molecular weight excluding hydrogens is 250 g/mol. The predicted octanol–water partition coefficient (Wildman–Crippen LogP) is 2.10. The standard InChI is InChI=1S/C15H29N5/c1-5-7-20-15(14(16)13(4)17-20)19-10-8-18(9-11-19)12(3)6-2/h12H,5-11,16H2,1-4H3. The van der Waals surface area contributed by atoms with Gasteiger partial charge in [-0.2, -0.15) is 5.10 Å². The van der Waals surface area contributed by atoms with Gasteiger partial charge in [0.15, 0.2) is 5.82 Å². The zero-order chi connectivity index (χ0) is 14.7. The summed E-state index contributed by atoms with van der Waals surface area (Å²) in [5.41, 5.74) is 8.06. The third-order valence-electron chi connectivity index (χ3n) is 4.41. The number of nitrogens with two attached hydrogens (primary N) is 1. The van der Waals surface area contributed by atoms with Crippen LogP contribution in [0.4, 0.5) is 11.5 Å². The first-order valence-electron chi connectivity index (χ1n) is 7.90. The topological polar surface area (TPSA) is 50.3 Å². The quantitative estimate of drug-likeness (QED) is 0.897. The van der Waals surface area contributed by atoms with Crippen molar-refractivity contribution in [2.24, 2.45) is 0 Å². The van der Waals surface area contributed by atoms with Crippen LogP contribution in [0.5, 0.6) is 0 Å². The highest BCUT2D eigenvalue weighted by Crippen LogP contribution is 2.28. The van der Waals surface area contributed by atoms with Crippen LogP contribution in [0, 0.1) is 6.92 Å². The number of hydrogen-bond acceptors (Lipinski definition) is 4. The van der Waals surface area contributed by atoms with E-state index in [1.807, 2.05) is 6.92 Å². The van der Waals surface area contributed by atoms with E-state index in [4.69, 9.17) is 5.73 Å². The van der Waals surface area contributed by atoms with Gasteiger partial charge >= 0.3 is 0 Å². The molecule has 0 amide bonds. The molecule has 1 aliphatic rings. The van der Waals surface area contributed by atoms with Gasteiger partial charge in [0.2, 0.25) is 0 Å². The van der Waals surface area contributed by atoms with Gasteiger partial charge in [0.25, 0.3) is 0 Å². The molecule has 0 aliphatic carbocycles. The van der Waals surface area contributed by atoms with E-state index in [2.05, 4.69) is 40.4 Å². The first-order chi connectivity index (χ1) is 9.58. The number of aryl methyl sites for hydroxylation is 2. The number of nitrogens with zero attached hydrogens (tertiary/aromatic N) is 4. The van der Waals surface area contributed by atoms with Crippen molar-refractivity contribution in [1.29, 1.82) is 0 Å². The minimum atomic E-state index is 0.678. The van der Waals surface area contributed by atoms with Gasteiger partial charge in [0, 0.05) is 38.8 Å². The fourth-order valence-corrected chi connectivity index (χ4v) is 2.92. The van der Waals surface area contributed by atoms with Gasteiger partial charge in [-0.3, -0.25) is 4.90 Å². The summed E-state index contributed by atoms with van der Waals surface area (Å²) in [6.07, 6.45) is 2.30. The lowest BCUT2D eigenvalue weighted by atomic mass is 10.2. The molecule has 114 valence electrons.